The summed E-state index contributed by atoms with van der Waals surface area (Å²) in [4.78, 5) is 15.6. The summed E-state index contributed by atoms with van der Waals surface area (Å²) in [6, 6.07) is 78.7. The van der Waals surface area contributed by atoms with E-state index in [9.17, 15) is 0 Å². The summed E-state index contributed by atoms with van der Waals surface area (Å²) >= 11 is 0. The Morgan fingerprint density at radius 3 is 1.33 bits per heavy atom. The third-order valence-corrected chi connectivity index (χ3v) is 12.2. The highest BCUT2D eigenvalue weighted by Gasteiger charge is 2.21. The van der Waals surface area contributed by atoms with Crippen molar-refractivity contribution in [1.82, 2.24) is 15.0 Å². The largest absolute Gasteiger partial charge is 0.455 e. The Balaban J connectivity index is 1.00. The van der Waals surface area contributed by atoms with Crippen LogP contribution in [-0.2, 0) is 0 Å². The molecule has 0 amide bonds. The molecule has 0 bridgehead atoms. The van der Waals surface area contributed by atoms with Crippen molar-refractivity contribution in [3.05, 3.63) is 224 Å². The van der Waals surface area contributed by atoms with Crippen LogP contribution in [0.4, 0.5) is 0 Å². The van der Waals surface area contributed by atoms with E-state index in [1.807, 2.05) is 12.1 Å². The molecule has 10 aromatic carbocycles. The molecule has 63 heavy (non-hydrogen) atoms. The van der Waals surface area contributed by atoms with Gasteiger partial charge in [-0.05, 0) is 66.6 Å². The number of hydrogen-bond donors (Lipinski definition) is 0. The highest BCUT2D eigenvalue weighted by molar-refractivity contribution is 6.23. The second-order valence-electron chi connectivity index (χ2n) is 15.9. The van der Waals surface area contributed by atoms with E-state index in [0.717, 1.165) is 82.8 Å². The first-order chi connectivity index (χ1) is 31.2. The maximum atomic E-state index is 6.95. The molecule has 0 saturated carbocycles. The monoisotopic (exact) mass is 803 g/mol. The summed E-state index contributed by atoms with van der Waals surface area (Å²) in [6.07, 6.45) is 0. The number of aromatic nitrogens is 3. The van der Waals surface area contributed by atoms with E-state index in [0.29, 0.717) is 17.5 Å². The van der Waals surface area contributed by atoms with Crippen molar-refractivity contribution < 1.29 is 4.42 Å². The molecule has 2 heterocycles. The van der Waals surface area contributed by atoms with Crippen LogP contribution in [0.3, 0.4) is 0 Å². The molecule has 0 unspecified atom stereocenters. The van der Waals surface area contributed by atoms with Crippen molar-refractivity contribution in [3.63, 3.8) is 0 Å². The van der Waals surface area contributed by atoms with Crippen LogP contribution >= 0.6 is 0 Å². The molecule has 0 aliphatic carbocycles. The van der Waals surface area contributed by atoms with Crippen molar-refractivity contribution in [1.29, 1.82) is 0 Å². The van der Waals surface area contributed by atoms with Crippen LogP contribution in [0.1, 0.15) is 0 Å². The first-order valence-electron chi connectivity index (χ1n) is 21.3. The molecular weight excluding hydrogens is 767 g/mol. The lowest BCUT2D eigenvalue weighted by Gasteiger charge is -2.12. The maximum absolute atomic E-state index is 6.95. The number of hydrogen-bond acceptors (Lipinski definition) is 4. The number of furan rings is 1. The fraction of sp³-hybridized carbons (Fsp3) is 0. The zero-order chi connectivity index (χ0) is 41.7. The van der Waals surface area contributed by atoms with Gasteiger partial charge in [-0.25, -0.2) is 15.0 Å². The van der Waals surface area contributed by atoms with E-state index in [4.69, 9.17) is 19.4 Å². The summed E-state index contributed by atoms with van der Waals surface area (Å²) in [5.74, 6) is 1.78. The van der Waals surface area contributed by atoms with Crippen molar-refractivity contribution in [3.8, 4) is 78.7 Å². The van der Waals surface area contributed by atoms with Crippen LogP contribution < -0.4 is 0 Å². The lowest BCUT2D eigenvalue weighted by Crippen LogP contribution is -2.00. The number of fused-ring (bicyclic) bond motifs is 6. The van der Waals surface area contributed by atoms with Gasteiger partial charge in [-0.15, -0.1) is 0 Å². The molecule has 0 radical (unpaired) electrons. The second-order valence-corrected chi connectivity index (χ2v) is 15.9. The van der Waals surface area contributed by atoms with E-state index >= 15 is 0 Å². The van der Waals surface area contributed by atoms with E-state index in [1.54, 1.807) is 0 Å². The summed E-state index contributed by atoms with van der Waals surface area (Å²) in [6.45, 7) is 0. The molecule has 0 spiro atoms. The van der Waals surface area contributed by atoms with Gasteiger partial charge in [-0.2, -0.15) is 0 Å². The summed E-state index contributed by atoms with van der Waals surface area (Å²) in [7, 11) is 0. The van der Waals surface area contributed by atoms with Crippen LogP contribution in [0.25, 0.3) is 122 Å². The minimum atomic E-state index is 0.581. The molecule has 0 aliphatic heterocycles. The molecule has 2 aromatic heterocycles. The summed E-state index contributed by atoms with van der Waals surface area (Å²) in [5.41, 5.74) is 13.4. The first kappa shape index (κ1) is 36.4. The van der Waals surface area contributed by atoms with Gasteiger partial charge >= 0.3 is 0 Å². The van der Waals surface area contributed by atoms with E-state index in [1.165, 1.54) is 21.9 Å². The SMILES string of the molecule is c1ccc(-c2ccc(-c3nc(-c4ccc(-c5ccccc5)cc4)nc(-c4cc5oc6c(-c7ccc(-c8cccc9ccccc89)cc7)cccc6c5c5ccccc45)n3)cc2)cc1. The Kier molecular flexibility index (Phi) is 8.79. The van der Waals surface area contributed by atoms with Gasteiger partial charge in [0.2, 0.25) is 0 Å². The smallest absolute Gasteiger partial charge is 0.164 e. The topological polar surface area (TPSA) is 51.8 Å². The molecule has 12 aromatic rings. The van der Waals surface area contributed by atoms with Crippen LogP contribution in [0, 0.1) is 0 Å². The van der Waals surface area contributed by atoms with E-state index < -0.39 is 0 Å². The van der Waals surface area contributed by atoms with Crippen LogP contribution in [0.2, 0.25) is 0 Å². The van der Waals surface area contributed by atoms with Gasteiger partial charge in [0, 0.05) is 33.0 Å². The predicted molar refractivity (Wildman–Crippen MR) is 260 cm³/mol. The van der Waals surface area contributed by atoms with Gasteiger partial charge in [0.25, 0.3) is 0 Å². The molecule has 294 valence electrons. The molecule has 0 N–H and O–H groups in total. The Morgan fingerprint density at radius 1 is 0.270 bits per heavy atom. The van der Waals surface area contributed by atoms with Gasteiger partial charge < -0.3 is 4.42 Å². The normalized spacial score (nSPS) is 11.5. The molecule has 4 nitrogen and oxygen atoms in total. The van der Waals surface area contributed by atoms with Crippen LogP contribution in [0.5, 0.6) is 0 Å². The zero-order valence-corrected chi connectivity index (χ0v) is 34.1. The van der Waals surface area contributed by atoms with Crippen molar-refractivity contribution in [2.45, 2.75) is 0 Å². The number of nitrogens with zero attached hydrogens (tertiary/aromatic N) is 3. The molecule has 0 fully saturated rings. The number of para-hydroxylation sites is 1. The molecule has 4 heteroatoms. The van der Waals surface area contributed by atoms with Gasteiger partial charge in [-0.1, -0.05) is 218 Å². The molecular formula is C59H37N3O. The molecule has 0 aliphatic rings. The average molecular weight is 804 g/mol. The van der Waals surface area contributed by atoms with Gasteiger partial charge in [0.15, 0.2) is 17.5 Å². The highest BCUT2D eigenvalue weighted by Crippen LogP contribution is 2.43. The van der Waals surface area contributed by atoms with Gasteiger partial charge in [-0.3, -0.25) is 0 Å². The maximum Gasteiger partial charge on any atom is 0.164 e. The number of rotatable bonds is 7. The third kappa shape index (κ3) is 6.53. The number of benzene rings is 10. The second kappa shape index (κ2) is 15.2. The van der Waals surface area contributed by atoms with Crippen molar-refractivity contribution in [2.24, 2.45) is 0 Å². The lowest BCUT2D eigenvalue weighted by molar-refractivity contribution is 0.670. The predicted octanol–water partition coefficient (Wildman–Crippen LogP) is 15.7. The Morgan fingerprint density at radius 2 is 0.698 bits per heavy atom. The quantitative estimate of drug-likeness (QED) is 0.161. The summed E-state index contributed by atoms with van der Waals surface area (Å²) < 4.78 is 6.95. The minimum absolute atomic E-state index is 0.581. The van der Waals surface area contributed by atoms with Gasteiger partial charge in [0.1, 0.15) is 11.2 Å². The Hall–Kier alpha value is -8.47. The average Bonchev–Trinajstić information content (AvgIpc) is 3.76. The fourth-order valence-electron chi connectivity index (χ4n) is 9.02. The fourth-order valence-corrected chi connectivity index (χ4v) is 9.02. The lowest BCUT2D eigenvalue weighted by atomic mass is 9.95. The zero-order valence-electron chi connectivity index (χ0n) is 34.1. The van der Waals surface area contributed by atoms with Crippen LogP contribution in [0.15, 0.2) is 229 Å². The van der Waals surface area contributed by atoms with Crippen LogP contribution in [-0.4, -0.2) is 15.0 Å². The molecule has 0 atom stereocenters. The third-order valence-electron chi connectivity index (χ3n) is 12.2. The Bertz CT molecular complexity index is 3530. The minimum Gasteiger partial charge on any atom is -0.455 e. The Labute approximate surface area is 364 Å². The summed E-state index contributed by atoms with van der Waals surface area (Å²) in [5, 5.41) is 6.74. The van der Waals surface area contributed by atoms with Gasteiger partial charge in [0.05, 0.1) is 0 Å². The van der Waals surface area contributed by atoms with E-state index in [2.05, 4.69) is 212 Å². The van der Waals surface area contributed by atoms with Crippen molar-refractivity contribution >= 4 is 43.5 Å². The molecule has 12 rings (SSSR count). The highest BCUT2D eigenvalue weighted by atomic mass is 16.3. The molecule has 0 saturated heterocycles. The van der Waals surface area contributed by atoms with E-state index in [-0.39, 0.29) is 0 Å². The standard InChI is InChI=1S/C59H37N3O/c1-3-13-38(14-4-1)40-25-33-45(34-26-40)57-60-58(46-35-27-41(28-36-46)39-15-5-2-6-16-39)62-59(61-57)53-37-54-55(51-21-10-9-20-50(51)53)52-24-12-23-49(56(52)63-54)44-31-29-43(30-32-44)48-22-11-18-42-17-7-8-19-47(42)48/h1-37H. The van der Waals surface area contributed by atoms with Crippen molar-refractivity contribution in [2.75, 3.05) is 0 Å². The first-order valence-corrected chi connectivity index (χ1v) is 21.3.